The summed E-state index contributed by atoms with van der Waals surface area (Å²) in [5, 5.41) is 0. The first-order valence-corrected chi connectivity index (χ1v) is 21.2. The molecule has 1 saturated heterocycles. The summed E-state index contributed by atoms with van der Waals surface area (Å²) in [5.74, 6) is -0.309. The zero-order valence-electron chi connectivity index (χ0n) is 32.9. The molecule has 3 heteroatoms. The molecule has 0 aromatic heterocycles. The summed E-state index contributed by atoms with van der Waals surface area (Å²) < 4.78 is 13.3. The van der Waals surface area contributed by atoms with Crippen LogP contribution in [-0.4, -0.2) is 44.0 Å². The van der Waals surface area contributed by atoms with Gasteiger partial charge < -0.3 is 14.4 Å². The van der Waals surface area contributed by atoms with Crippen molar-refractivity contribution in [3.63, 3.8) is 0 Å². The van der Waals surface area contributed by atoms with Gasteiger partial charge in [0.1, 0.15) is 0 Å². The molecule has 280 valence electrons. The monoisotopic (exact) mass is 670 g/mol. The van der Waals surface area contributed by atoms with Crippen LogP contribution in [0.5, 0.6) is 0 Å². The summed E-state index contributed by atoms with van der Waals surface area (Å²) in [5.41, 5.74) is 0. The van der Waals surface area contributed by atoms with E-state index in [0.29, 0.717) is 6.10 Å². The molecule has 0 spiro atoms. The van der Waals surface area contributed by atoms with Gasteiger partial charge in [0.2, 0.25) is 0 Å². The minimum Gasteiger partial charge on any atom is -0.347 e. The van der Waals surface area contributed by atoms with Crippen molar-refractivity contribution in [2.24, 2.45) is 0 Å². The van der Waals surface area contributed by atoms with Gasteiger partial charge in [-0.15, -0.1) is 0 Å². The number of unbranched alkanes of at least 4 members (excludes halogenated alkanes) is 19. The van der Waals surface area contributed by atoms with E-state index in [-0.39, 0.29) is 5.79 Å². The Bertz CT molecular complexity index is 734. The van der Waals surface area contributed by atoms with Crippen LogP contribution in [0, 0.1) is 0 Å². The molecule has 0 amide bonds. The van der Waals surface area contributed by atoms with Gasteiger partial charge in [0.15, 0.2) is 5.79 Å². The highest BCUT2D eigenvalue weighted by molar-refractivity contribution is 4.93. The van der Waals surface area contributed by atoms with E-state index in [1.54, 1.807) is 0 Å². The molecule has 0 radical (unpaired) electrons. The fourth-order valence-corrected chi connectivity index (χ4v) is 6.71. The lowest BCUT2D eigenvalue weighted by molar-refractivity contribution is -0.180. The van der Waals surface area contributed by atoms with Crippen LogP contribution in [0.3, 0.4) is 0 Å². The van der Waals surface area contributed by atoms with Crippen molar-refractivity contribution in [2.75, 3.05) is 27.2 Å². The predicted octanol–water partition coefficient (Wildman–Crippen LogP) is 14.2. The smallest absolute Gasteiger partial charge is 0.168 e. The molecule has 1 heterocycles. The topological polar surface area (TPSA) is 21.7 Å². The van der Waals surface area contributed by atoms with E-state index in [4.69, 9.17) is 9.47 Å². The Kier molecular flexibility index (Phi) is 32.1. The normalized spacial score (nSPS) is 18.7. The summed E-state index contributed by atoms with van der Waals surface area (Å²) in [6.45, 7) is 6.50. The van der Waals surface area contributed by atoms with Crippen LogP contribution in [0.2, 0.25) is 0 Å². The van der Waals surface area contributed by atoms with E-state index in [9.17, 15) is 0 Å². The molecule has 1 rings (SSSR count). The molecule has 0 aromatic rings. The second-order valence-corrected chi connectivity index (χ2v) is 14.9. The second kappa shape index (κ2) is 34.3. The molecule has 0 saturated carbocycles. The van der Waals surface area contributed by atoms with E-state index >= 15 is 0 Å². The van der Waals surface area contributed by atoms with Gasteiger partial charge in [0.05, 0.1) is 12.7 Å². The number of hydrogen-bond acceptors (Lipinski definition) is 3. The Hall–Kier alpha value is -1.16. The van der Waals surface area contributed by atoms with Gasteiger partial charge in [-0.1, -0.05) is 140 Å². The number of ether oxygens (including phenoxy) is 2. The second-order valence-electron chi connectivity index (χ2n) is 14.9. The van der Waals surface area contributed by atoms with Crippen molar-refractivity contribution in [2.45, 2.75) is 212 Å². The number of rotatable bonds is 35. The van der Waals surface area contributed by atoms with Gasteiger partial charge in [-0.25, -0.2) is 0 Å². The van der Waals surface area contributed by atoms with E-state index in [2.05, 4.69) is 81.5 Å². The van der Waals surface area contributed by atoms with Gasteiger partial charge in [-0.2, -0.15) is 0 Å². The third-order valence-corrected chi connectivity index (χ3v) is 9.81. The Balaban J connectivity index is 2.21. The summed E-state index contributed by atoms with van der Waals surface area (Å²) in [4.78, 5) is 2.29. The van der Waals surface area contributed by atoms with Crippen LogP contribution in [0.1, 0.15) is 200 Å². The fraction of sp³-hybridized carbons (Fsp3) is 0.822. The largest absolute Gasteiger partial charge is 0.347 e. The molecule has 1 aliphatic heterocycles. The molecule has 3 nitrogen and oxygen atoms in total. The van der Waals surface area contributed by atoms with Crippen molar-refractivity contribution < 1.29 is 9.47 Å². The summed E-state index contributed by atoms with van der Waals surface area (Å²) in [6.07, 6.45) is 56.0. The third kappa shape index (κ3) is 28.7. The Morgan fingerprint density at radius 1 is 0.500 bits per heavy atom. The quantitative estimate of drug-likeness (QED) is 0.0495. The summed E-state index contributed by atoms with van der Waals surface area (Å²) >= 11 is 0. The van der Waals surface area contributed by atoms with Crippen molar-refractivity contribution in [1.82, 2.24) is 4.90 Å². The highest BCUT2D eigenvalue weighted by atomic mass is 16.7. The lowest BCUT2D eigenvalue weighted by atomic mass is 9.98. The number of hydrogen-bond donors (Lipinski definition) is 0. The molecule has 0 aliphatic carbocycles. The van der Waals surface area contributed by atoms with Gasteiger partial charge in [-0.3, -0.25) is 0 Å². The van der Waals surface area contributed by atoms with E-state index < -0.39 is 0 Å². The first kappa shape index (κ1) is 44.9. The van der Waals surface area contributed by atoms with Crippen LogP contribution in [0.4, 0.5) is 0 Å². The standard InChI is InChI=1S/C45H83NO2/c1-5-7-9-11-13-15-17-19-21-23-25-27-29-31-33-36-40-45(47-43-44(48-45)39-35-38-42-46(3)4)41-37-34-32-30-28-26-24-22-20-18-16-14-12-10-8-6-2/h13-16,19-22,44H,5-12,17-18,23-43H2,1-4H3/b15-13-,16-14?,21-19-,22-20?. The van der Waals surface area contributed by atoms with Crippen LogP contribution < -0.4 is 0 Å². The van der Waals surface area contributed by atoms with Crippen LogP contribution >= 0.6 is 0 Å². The molecule has 48 heavy (non-hydrogen) atoms. The van der Waals surface area contributed by atoms with Crippen LogP contribution in [0.25, 0.3) is 0 Å². The molecule has 2 atom stereocenters. The maximum Gasteiger partial charge on any atom is 0.168 e. The molecule has 2 unspecified atom stereocenters. The van der Waals surface area contributed by atoms with Crippen molar-refractivity contribution in [3.05, 3.63) is 48.6 Å². The molecular formula is C45H83NO2. The zero-order chi connectivity index (χ0) is 34.6. The summed E-state index contributed by atoms with van der Waals surface area (Å²) in [7, 11) is 4.33. The van der Waals surface area contributed by atoms with Crippen LogP contribution in [-0.2, 0) is 9.47 Å². The van der Waals surface area contributed by atoms with E-state index in [0.717, 1.165) is 38.7 Å². The highest BCUT2D eigenvalue weighted by Crippen LogP contribution is 2.36. The summed E-state index contributed by atoms with van der Waals surface area (Å²) in [6, 6.07) is 0. The Labute approximate surface area is 301 Å². The molecule has 0 N–H and O–H groups in total. The third-order valence-electron chi connectivity index (χ3n) is 9.81. The maximum atomic E-state index is 6.74. The first-order chi connectivity index (χ1) is 23.6. The predicted molar refractivity (Wildman–Crippen MR) is 214 cm³/mol. The van der Waals surface area contributed by atoms with Crippen LogP contribution in [0.15, 0.2) is 48.6 Å². The van der Waals surface area contributed by atoms with Gasteiger partial charge >= 0.3 is 0 Å². The van der Waals surface area contributed by atoms with Crippen molar-refractivity contribution in [1.29, 1.82) is 0 Å². The lowest BCUT2D eigenvalue weighted by Gasteiger charge is -2.28. The Morgan fingerprint density at radius 2 is 0.917 bits per heavy atom. The highest BCUT2D eigenvalue weighted by Gasteiger charge is 2.40. The van der Waals surface area contributed by atoms with Crippen molar-refractivity contribution >= 4 is 0 Å². The molecule has 1 aliphatic rings. The average molecular weight is 670 g/mol. The minimum atomic E-state index is -0.309. The van der Waals surface area contributed by atoms with Crippen molar-refractivity contribution in [3.8, 4) is 0 Å². The molecular weight excluding hydrogens is 587 g/mol. The SMILES string of the molecule is CCCCCC=CCC=CCCCCCCCCC1(CCCCCCCC/C=C\C/C=C\CCCCC)OCC(CCCCN(C)C)O1. The number of allylic oxidation sites excluding steroid dienone is 8. The Morgan fingerprint density at radius 3 is 1.35 bits per heavy atom. The van der Waals surface area contributed by atoms with Gasteiger partial charge in [-0.05, 0) is 117 Å². The fourth-order valence-electron chi connectivity index (χ4n) is 6.71. The number of nitrogens with zero attached hydrogens (tertiary/aromatic N) is 1. The zero-order valence-corrected chi connectivity index (χ0v) is 32.9. The molecule has 1 fully saturated rings. The van der Waals surface area contributed by atoms with E-state index in [1.807, 2.05) is 0 Å². The lowest BCUT2D eigenvalue weighted by Crippen LogP contribution is -2.31. The van der Waals surface area contributed by atoms with Gasteiger partial charge in [0, 0.05) is 12.8 Å². The molecule has 0 bridgehead atoms. The molecule has 0 aromatic carbocycles. The maximum absolute atomic E-state index is 6.74. The van der Waals surface area contributed by atoms with Gasteiger partial charge in [0.25, 0.3) is 0 Å². The van der Waals surface area contributed by atoms with E-state index in [1.165, 1.54) is 161 Å². The minimum absolute atomic E-state index is 0.293. The average Bonchev–Trinajstić information content (AvgIpc) is 3.49. The first-order valence-electron chi connectivity index (χ1n) is 21.2.